The molecule has 2 aromatic rings. The number of aryl methyl sites for hydroxylation is 1. The summed E-state index contributed by atoms with van der Waals surface area (Å²) in [4.78, 5) is 15.7. The highest BCUT2D eigenvalue weighted by Crippen LogP contribution is 2.49. The summed E-state index contributed by atoms with van der Waals surface area (Å²) in [5.74, 6) is 1.86. The Morgan fingerprint density at radius 1 is 1.16 bits per heavy atom. The normalized spacial score (nSPS) is 24.6. The van der Waals surface area contributed by atoms with Crippen LogP contribution in [0.15, 0.2) is 39.7 Å². The summed E-state index contributed by atoms with van der Waals surface area (Å²) in [6, 6.07) is 7.54. The van der Waals surface area contributed by atoms with E-state index in [0.717, 1.165) is 31.2 Å². The van der Waals surface area contributed by atoms with Crippen LogP contribution in [0.3, 0.4) is 0 Å². The van der Waals surface area contributed by atoms with E-state index >= 15 is 0 Å². The van der Waals surface area contributed by atoms with E-state index in [4.69, 9.17) is 21.7 Å². The van der Waals surface area contributed by atoms with Crippen LogP contribution in [0.5, 0.6) is 5.75 Å². The molecule has 1 N–H and O–H groups in total. The third-order valence-electron chi connectivity index (χ3n) is 7.44. The molecule has 2 bridgehead atoms. The van der Waals surface area contributed by atoms with Gasteiger partial charge in [-0.3, -0.25) is 9.69 Å². The second-order valence-corrected chi connectivity index (χ2v) is 11.6. The van der Waals surface area contributed by atoms with Crippen LogP contribution in [0.2, 0.25) is 0 Å². The second-order valence-electron chi connectivity index (χ2n) is 9.90. The van der Waals surface area contributed by atoms with Crippen LogP contribution in [-0.2, 0) is 11.2 Å². The van der Waals surface area contributed by atoms with Crippen molar-refractivity contribution in [2.24, 2.45) is 11.8 Å². The number of thiocarbonyl (C=S) groups is 1. The van der Waals surface area contributed by atoms with Crippen LogP contribution < -0.4 is 4.74 Å². The molecule has 5 nitrogen and oxygen atoms in total. The van der Waals surface area contributed by atoms with Gasteiger partial charge < -0.3 is 14.3 Å². The topological polar surface area (TPSA) is 62.9 Å². The second kappa shape index (κ2) is 10.8. The van der Waals surface area contributed by atoms with Crippen LogP contribution in [0.25, 0.3) is 17.4 Å². The first-order valence-corrected chi connectivity index (χ1v) is 13.8. The van der Waals surface area contributed by atoms with Gasteiger partial charge >= 0.3 is 6.36 Å². The summed E-state index contributed by atoms with van der Waals surface area (Å²) in [5, 5.41) is 9.10. The zero-order chi connectivity index (χ0) is 26.2. The summed E-state index contributed by atoms with van der Waals surface area (Å²) in [6.07, 6.45) is 4.61. The van der Waals surface area contributed by atoms with E-state index < -0.39 is 6.36 Å². The van der Waals surface area contributed by atoms with Crippen LogP contribution in [-0.4, -0.2) is 39.2 Å². The van der Waals surface area contributed by atoms with E-state index in [-0.39, 0.29) is 24.3 Å². The van der Waals surface area contributed by atoms with Crippen molar-refractivity contribution in [1.29, 1.82) is 0 Å². The fourth-order valence-electron chi connectivity index (χ4n) is 5.74. The first kappa shape index (κ1) is 26.3. The van der Waals surface area contributed by atoms with Gasteiger partial charge in [0.05, 0.1) is 4.91 Å². The SMILES string of the molecule is O=C1C(=Cc2oc(-c3ccc(OC(F)(F)F)cc3)cc2CCCCCO)SC(=S)N1C1CC2CCC1C2. The van der Waals surface area contributed by atoms with Gasteiger partial charge in [-0.2, -0.15) is 0 Å². The average Bonchev–Trinajstić information content (AvgIpc) is 3.61. The number of nitrogens with zero attached hydrogens (tertiary/aromatic N) is 1. The molecule has 1 saturated heterocycles. The van der Waals surface area contributed by atoms with Crippen molar-refractivity contribution < 1.29 is 32.2 Å². The van der Waals surface area contributed by atoms with E-state index in [0.29, 0.717) is 51.0 Å². The Labute approximate surface area is 223 Å². The number of alkyl halides is 3. The third-order valence-corrected chi connectivity index (χ3v) is 8.77. The molecule has 0 spiro atoms. The molecule has 10 heteroatoms. The number of unbranched alkanes of at least 4 members (excludes halogenated alkanes) is 2. The monoisotopic (exact) mass is 551 g/mol. The lowest BCUT2D eigenvalue weighted by molar-refractivity contribution is -0.274. The first-order valence-electron chi connectivity index (χ1n) is 12.6. The van der Waals surface area contributed by atoms with E-state index in [1.54, 1.807) is 11.0 Å². The van der Waals surface area contributed by atoms with E-state index in [1.165, 1.54) is 48.9 Å². The lowest BCUT2D eigenvalue weighted by atomic mass is 9.94. The Bertz CT molecular complexity index is 1190. The van der Waals surface area contributed by atoms with Crippen LogP contribution in [0.4, 0.5) is 13.2 Å². The highest BCUT2D eigenvalue weighted by Gasteiger charge is 2.48. The number of benzene rings is 1. The molecule has 0 radical (unpaired) electrons. The number of ether oxygens (including phenoxy) is 1. The van der Waals surface area contributed by atoms with Gasteiger partial charge in [-0.1, -0.05) is 36.8 Å². The Hall–Kier alpha value is -2.30. The van der Waals surface area contributed by atoms with Crippen molar-refractivity contribution in [3.8, 4) is 17.1 Å². The lowest BCUT2D eigenvalue weighted by Crippen LogP contribution is -2.41. The number of thioether (sulfide) groups is 1. The van der Waals surface area contributed by atoms with E-state index in [2.05, 4.69) is 4.74 Å². The number of hydrogen-bond acceptors (Lipinski definition) is 6. The molecule has 1 amide bonds. The largest absolute Gasteiger partial charge is 0.573 e. The van der Waals surface area contributed by atoms with E-state index in [1.807, 2.05) is 6.07 Å². The maximum absolute atomic E-state index is 13.4. The summed E-state index contributed by atoms with van der Waals surface area (Å²) in [7, 11) is 0. The smallest absolute Gasteiger partial charge is 0.456 e. The molecular weight excluding hydrogens is 523 g/mol. The molecule has 3 aliphatic rings. The minimum Gasteiger partial charge on any atom is -0.456 e. The first-order chi connectivity index (χ1) is 17.7. The maximum atomic E-state index is 13.4. The van der Waals surface area contributed by atoms with Crippen molar-refractivity contribution in [3.63, 3.8) is 0 Å². The Morgan fingerprint density at radius 2 is 1.95 bits per heavy atom. The fraction of sp³-hybridized carbons (Fsp3) is 0.481. The molecule has 1 aromatic heterocycles. The minimum absolute atomic E-state index is 0.0783. The van der Waals surface area contributed by atoms with Gasteiger partial charge in [0.1, 0.15) is 21.6 Å². The molecule has 198 valence electrons. The molecule has 5 rings (SSSR count). The number of aliphatic hydroxyl groups is 1. The molecular formula is C27H28F3NO4S2. The number of amides is 1. The standard InChI is InChI=1S/C27H28F3NO4S2/c28-27(29,30)35-20-9-7-17(8-10-20)22-14-19(4-2-1-3-11-32)23(34-22)15-24-25(33)31(26(36)37-24)21-13-16-5-6-18(21)12-16/h7-10,14-16,18,21,32H,1-6,11-13H2. The highest BCUT2D eigenvalue weighted by molar-refractivity contribution is 8.26. The minimum atomic E-state index is -4.76. The van der Waals surface area contributed by atoms with Crippen LogP contribution in [0.1, 0.15) is 56.3 Å². The van der Waals surface area contributed by atoms with Crippen molar-refractivity contribution in [2.45, 2.75) is 63.8 Å². The molecule has 3 atom stereocenters. The third kappa shape index (κ3) is 5.91. The summed E-state index contributed by atoms with van der Waals surface area (Å²) in [6.45, 7) is 0.126. The van der Waals surface area contributed by atoms with Gasteiger partial charge in [0.25, 0.3) is 5.91 Å². The highest BCUT2D eigenvalue weighted by atomic mass is 32.2. The number of carbonyl (C=O) groups is 1. The molecule has 2 aliphatic carbocycles. The molecule has 2 heterocycles. The lowest BCUT2D eigenvalue weighted by Gasteiger charge is -2.30. The zero-order valence-electron chi connectivity index (χ0n) is 20.1. The number of rotatable bonds is 9. The van der Waals surface area contributed by atoms with Crippen LogP contribution in [0, 0.1) is 11.8 Å². The molecule has 37 heavy (non-hydrogen) atoms. The predicted octanol–water partition coefficient (Wildman–Crippen LogP) is 6.94. The van der Waals surface area contributed by atoms with Crippen molar-refractivity contribution in [3.05, 3.63) is 46.6 Å². The zero-order valence-corrected chi connectivity index (χ0v) is 21.8. The number of carbonyl (C=O) groups excluding carboxylic acids is 1. The maximum Gasteiger partial charge on any atom is 0.573 e. The summed E-state index contributed by atoms with van der Waals surface area (Å²) in [5.41, 5.74) is 1.49. The molecule has 1 aliphatic heterocycles. The Kier molecular flexibility index (Phi) is 7.70. The quantitative estimate of drug-likeness (QED) is 0.207. The fourth-order valence-corrected chi connectivity index (χ4v) is 7.08. The van der Waals surface area contributed by atoms with Gasteiger partial charge in [0, 0.05) is 24.3 Å². The van der Waals surface area contributed by atoms with Crippen molar-refractivity contribution in [2.75, 3.05) is 6.61 Å². The number of aliphatic hydroxyl groups excluding tert-OH is 1. The average molecular weight is 552 g/mol. The number of fused-ring (bicyclic) bond motifs is 2. The van der Waals surface area contributed by atoms with E-state index in [9.17, 15) is 18.0 Å². The van der Waals surface area contributed by atoms with Gasteiger partial charge in [-0.05, 0) is 86.3 Å². The predicted molar refractivity (Wildman–Crippen MR) is 140 cm³/mol. The molecule has 3 fully saturated rings. The number of halogens is 3. The van der Waals surface area contributed by atoms with Crippen LogP contribution >= 0.6 is 24.0 Å². The number of hydrogen-bond donors (Lipinski definition) is 1. The number of furan rings is 1. The molecule has 1 aromatic carbocycles. The van der Waals surface area contributed by atoms with Gasteiger partial charge in [0.15, 0.2) is 0 Å². The Morgan fingerprint density at radius 3 is 2.59 bits per heavy atom. The van der Waals surface area contributed by atoms with Gasteiger partial charge in [0.2, 0.25) is 0 Å². The van der Waals surface area contributed by atoms with Gasteiger partial charge in [-0.15, -0.1) is 13.2 Å². The van der Waals surface area contributed by atoms with Crippen molar-refractivity contribution in [1.82, 2.24) is 4.90 Å². The molecule has 2 saturated carbocycles. The summed E-state index contributed by atoms with van der Waals surface area (Å²) >= 11 is 6.90. The Balaban J connectivity index is 1.39. The summed E-state index contributed by atoms with van der Waals surface area (Å²) < 4.78 is 48.2. The molecule has 3 unspecified atom stereocenters. The van der Waals surface area contributed by atoms with Gasteiger partial charge in [-0.25, -0.2) is 0 Å². The van der Waals surface area contributed by atoms with Crippen molar-refractivity contribution >= 4 is 40.3 Å².